The summed E-state index contributed by atoms with van der Waals surface area (Å²) >= 11 is 4.72. The number of aliphatic carboxylic acids is 1. The zero-order valence-electron chi connectivity index (χ0n) is 7.24. The highest BCUT2D eigenvalue weighted by Crippen LogP contribution is 2.47. The smallest absolute Gasteiger partial charge is 0.315 e. The Bertz CT molecular complexity index is 368. The van der Waals surface area contributed by atoms with Crippen molar-refractivity contribution in [3.63, 3.8) is 0 Å². The van der Waals surface area contributed by atoms with Gasteiger partial charge in [0, 0.05) is 14.7 Å². The zero-order valence-corrected chi connectivity index (χ0v) is 9.64. The van der Waals surface area contributed by atoms with Gasteiger partial charge in [0.15, 0.2) is 0 Å². The van der Waals surface area contributed by atoms with Gasteiger partial charge in [-0.25, -0.2) is 0 Å². The summed E-state index contributed by atoms with van der Waals surface area (Å²) in [6, 6.07) is 1.82. The molecule has 2 N–H and O–H groups in total. The Balaban J connectivity index is 2.34. The summed E-state index contributed by atoms with van der Waals surface area (Å²) in [5.41, 5.74) is -0.837. The number of carboxylic acid groups (broad SMARTS) is 1. The van der Waals surface area contributed by atoms with Gasteiger partial charge in [-0.15, -0.1) is 11.3 Å². The molecule has 76 valence electrons. The van der Waals surface area contributed by atoms with E-state index < -0.39 is 17.5 Å². The van der Waals surface area contributed by atoms with E-state index in [2.05, 4.69) is 15.9 Å². The zero-order chi connectivity index (χ0) is 10.3. The molecular formula is C9H9BrO3S. The van der Waals surface area contributed by atoms with Gasteiger partial charge in [0.2, 0.25) is 0 Å². The van der Waals surface area contributed by atoms with E-state index in [-0.39, 0.29) is 0 Å². The Morgan fingerprint density at radius 1 is 1.64 bits per heavy atom. The number of rotatable bonds is 2. The minimum atomic E-state index is -0.837. The first kappa shape index (κ1) is 10.1. The van der Waals surface area contributed by atoms with Crippen molar-refractivity contribution in [3.05, 3.63) is 20.8 Å². The summed E-state index contributed by atoms with van der Waals surface area (Å²) in [7, 11) is 0. The van der Waals surface area contributed by atoms with Gasteiger partial charge in [0.05, 0.1) is 6.10 Å². The summed E-state index contributed by atoms with van der Waals surface area (Å²) in [6.45, 7) is 0. The molecule has 5 heteroatoms. The normalized spacial score (nSPS) is 31.1. The molecule has 1 saturated carbocycles. The van der Waals surface area contributed by atoms with Crippen LogP contribution in [-0.4, -0.2) is 22.3 Å². The molecule has 1 aromatic heterocycles. The van der Waals surface area contributed by atoms with Crippen LogP contribution in [0.3, 0.4) is 0 Å². The Kier molecular flexibility index (Phi) is 2.41. The molecule has 0 bridgehead atoms. The number of halogens is 1. The van der Waals surface area contributed by atoms with Crippen molar-refractivity contribution in [2.75, 3.05) is 0 Å². The fourth-order valence-electron chi connectivity index (χ4n) is 1.79. The third-order valence-corrected chi connectivity index (χ3v) is 4.51. The molecule has 0 aliphatic heterocycles. The molecule has 2 rings (SSSR count). The van der Waals surface area contributed by atoms with E-state index in [1.165, 1.54) is 11.3 Å². The van der Waals surface area contributed by atoms with Crippen molar-refractivity contribution in [3.8, 4) is 0 Å². The van der Waals surface area contributed by atoms with Gasteiger partial charge in [0.1, 0.15) is 5.41 Å². The van der Waals surface area contributed by atoms with Gasteiger partial charge < -0.3 is 10.2 Å². The predicted molar refractivity (Wildman–Crippen MR) is 56.6 cm³/mol. The van der Waals surface area contributed by atoms with Gasteiger partial charge in [-0.2, -0.15) is 0 Å². The van der Waals surface area contributed by atoms with Crippen LogP contribution >= 0.6 is 27.3 Å². The molecule has 0 radical (unpaired) electrons. The van der Waals surface area contributed by atoms with Crippen LogP contribution < -0.4 is 0 Å². The van der Waals surface area contributed by atoms with Crippen LogP contribution in [-0.2, 0) is 10.2 Å². The standard InChI is InChI=1S/C9H9BrO3S/c10-5-1-7(14-4-5)9(8(12)13)2-6(11)3-9/h1,4,6,11H,2-3H2,(H,12,13). The second kappa shape index (κ2) is 3.32. The lowest BCUT2D eigenvalue weighted by Gasteiger charge is -2.40. The fourth-order valence-corrected chi connectivity index (χ4v) is 3.43. The first-order valence-electron chi connectivity index (χ1n) is 4.20. The first-order valence-corrected chi connectivity index (χ1v) is 5.88. The minimum Gasteiger partial charge on any atom is -0.481 e. The van der Waals surface area contributed by atoms with Crippen LogP contribution in [0.4, 0.5) is 0 Å². The number of thiophene rings is 1. The van der Waals surface area contributed by atoms with E-state index in [0.29, 0.717) is 12.8 Å². The summed E-state index contributed by atoms with van der Waals surface area (Å²) in [5, 5.41) is 20.2. The second-order valence-corrected chi connectivity index (χ2v) is 5.41. The van der Waals surface area contributed by atoms with Crippen molar-refractivity contribution in [2.45, 2.75) is 24.4 Å². The Hall–Kier alpha value is -0.390. The Morgan fingerprint density at radius 2 is 2.29 bits per heavy atom. The van der Waals surface area contributed by atoms with Crippen molar-refractivity contribution in [1.82, 2.24) is 0 Å². The summed E-state index contributed by atoms with van der Waals surface area (Å²) in [5.74, 6) is -0.836. The first-order chi connectivity index (χ1) is 6.54. The van der Waals surface area contributed by atoms with Gasteiger partial charge >= 0.3 is 5.97 Å². The molecule has 0 saturated heterocycles. The van der Waals surface area contributed by atoms with Gasteiger partial charge in [0.25, 0.3) is 0 Å². The number of carbonyl (C=O) groups is 1. The van der Waals surface area contributed by atoms with E-state index in [1.807, 2.05) is 11.4 Å². The molecule has 1 aliphatic rings. The van der Waals surface area contributed by atoms with Crippen molar-refractivity contribution < 1.29 is 15.0 Å². The van der Waals surface area contributed by atoms with Gasteiger partial charge in [-0.05, 0) is 34.8 Å². The van der Waals surface area contributed by atoms with Crippen LogP contribution in [0, 0.1) is 0 Å². The average Bonchev–Trinajstić information content (AvgIpc) is 2.45. The van der Waals surface area contributed by atoms with Crippen LogP contribution in [0.5, 0.6) is 0 Å². The molecule has 3 nitrogen and oxygen atoms in total. The highest BCUT2D eigenvalue weighted by Gasteiger charge is 2.52. The van der Waals surface area contributed by atoms with Gasteiger partial charge in [-0.1, -0.05) is 0 Å². The summed E-state index contributed by atoms with van der Waals surface area (Å²) in [4.78, 5) is 12.0. The third-order valence-electron chi connectivity index (χ3n) is 2.62. The number of carboxylic acids is 1. The molecule has 0 atom stereocenters. The monoisotopic (exact) mass is 276 g/mol. The molecule has 1 aliphatic carbocycles. The molecule has 14 heavy (non-hydrogen) atoms. The van der Waals surface area contributed by atoms with E-state index >= 15 is 0 Å². The number of aliphatic hydroxyl groups excluding tert-OH is 1. The maximum atomic E-state index is 11.1. The molecule has 0 aromatic carbocycles. The second-order valence-electron chi connectivity index (χ2n) is 3.58. The largest absolute Gasteiger partial charge is 0.481 e. The number of aliphatic hydroxyl groups is 1. The third kappa shape index (κ3) is 1.39. The van der Waals surface area contributed by atoms with Crippen molar-refractivity contribution in [1.29, 1.82) is 0 Å². The van der Waals surface area contributed by atoms with Crippen LogP contribution in [0.25, 0.3) is 0 Å². The van der Waals surface area contributed by atoms with E-state index in [4.69, 9.17) is 5.11 Å². The molecule has 0 amide bonds. The lowest BCUT2D eigenvalue weighted by molar-refractivity contribution is -0.152. The minimum absolute atomic E-state index is 0.329. The maximum absolute atomic E-state index is 11.1. The maximum Gasteiger partial charge on any atom is 0.315 e. The van der Waals surface area contributed by atoms with Crippen LogP contribution in [0.2, 0.25) is 0 Å². The Labute approximate surface area is 93.5 Å². The highest BCUT2D eigenvalue weighted by molar-refractivity contribution is 9.10. The van der Waals surface area contributed by atoms with Crippen molar-refractivity contribution in [2.24, 2.45) is 0 Å². The van der Waals surface area contributed by atoms with Crippen LogP contribution in [0.1, 0.15) is 17.7 Å². The number of hydrogen-bond acceptors (Lipinski definition) is 3. The number of hydrogen-bond donors (Lipinski definition) is 2. The molecule has 1 heterocycles. The quantitative estimate of drug-likeness (QED) is 0.869. The highest BCUT2D eigenvalue weighted by atomic mass is 79.9. The van der Waals surface area contributed by atoms with E-state index in [9.17, 15) is 9.90 Å². The molecule has 1 aromatic rings. The predicted octanol–water partition coefficient (Wildman–Crippen LogP) is 1.99. The molecule has 0 spiro atoms. The molecule has 0 unspecified atom stereocenters. The average molecular weight is 277 g/mol. The Morgan fingerprint density at radius 3 is 2.64 bits per heavy atom. The van der Waals surface area contributed by atoms with Crippen LogP contribution in [0.15, 0.2) is 15.9 Å². The molecule has 1 fully saturated rings. The summed E-state index contributed by atoms with van der Waals surface area (Å²) in [6.07, 6.45) is 0.192. The SMILES string of the molecule is O=C(O)C1(c2cc(Br)cs2)CC(O)C1. The lowest BCUT2D eigenvalue weighted by Crippen LogP contribution is -2.50. The fraction of sp³-hybridized carbons (Fsp3) is 0.444. The van der Waals surface area contributed by atoms with E-state index in [1.54, 1.807) is 0 Å². The summed E-state index contributed by atoms with van der Waals surface area (Å²) < 4.78 is 0.902. The topological polar surface area (TPSA) is 57.5 Å². The van der Waals surface area contributed by atoms with E-state index in [0.717, 1.165) is 9.35 Å². The van der Waals surface area contributed by atoms with Crippen molar-refractivity contribution >= 4 is 33.2 Å². The molecular weight excluding hydrogens is 268 g/mol. The lowest BCUT2D eigenvalue weighted by atomic mass is 9.66. The van der Waals surface area contributed by atoms with Gasteiger partial charge in [-0.3, -0.25) is 4.79 Å².